The van der Waals surface area contributed by atoms with E-state index in [0.717, 1.165) is 5.56 Å². The molecule has 3 aromatic carbocycles. The fourth-order valence-electron chi connectivity index (χ4n) is 5.99. The minimum absolute atomic E-state index is 0.00139. The third-order valence-corrected chi connectivity index (χ3v) is 18.0. The summed E-state index contributed by atoms with van der Waals surface area (Å²) in [6.07, 6.45) is 0.657. The van der Waals surface area contributed by atoms with E-state index in [1.807, 2.05) is 31.2 Å². The summed E-state index contributed by atoms with van der Waals surface area (Å²) in [5.74, 6) is 0. The normalized spacial score (nSPS) is 16.9. The van der Waals surface area contributed by atoms with Crippen molar-refractivity contribution in [1.82, 2.24) is 5.32 Å². The molecule has 8 nitrogen and oxygen atoms in total. The highest BCUT2D eigenvalue weighted by atomic mass is 32.3. The summed E-state index contributed by atoms with van der Waals surface area (Å²) in [6, 6.07) is 29.5. The van der Waals surface area contributed by atoms with Crippen molar-refractivity contribution in [1.29, 1.82) is 0 Å². The van der Waals surface area contributed by atoms with E-state index in [0.29, 0.717) is 42.2 Å². The maximum atomic E-state index is 13.7. The molecule has 0 saturated carbocycles. The van der Waals surface area contributed by atoms with Crippen molar-refractivity contribution in [2.45, 2.75) is 53.6 Å². The smallest absolute Gasteiger partial charge is 0.274 e. The number of hydrogen-bond acceptors (Lipinski definition) is 7. The SMILES string of the molecule is CCNC1CN(c2ccc(CCO[Si](c3ccccc3)(c3ccccc3)C(C)(C)C)cc2)S(=O)(=O)c2sc(S(N)(=O)=O)cc21. The van der Waals surface area contributed by atoms with Crippen molar-refractivity contribution in [3.8, 4) is 0 Å². The molecule has 1 aliphatic heterocycles. The maximum Gasteiger partial charge on any atom is 0.274 e. The lowest BCUT2D eigenvalue weighted by atomic mass is 10.1. The van der Waals surface area contributed by atoms with Crippen LogP contribution in [0.3, 0.4) is 0 Å². The number of anilines is 1. The van der Waals surface area contributed by atoms with Crippen LogP contribution in [0.25, 0.3) is 0 Å². The molecule has 1 unspecified atom stereocenters. The number of rotatable bonds is 10. The average molecular weight is 670 g/mol. The zero-order valence-electron chi connectivity index (χ0n) is 25.4. The lowest BCUT2D eigenvalue weighted by Gasteiger charge is -2.43. The van der Waals surface area contributed by atoms with Crippen LogP contribution in [-0.2, 0) is 30.9 Å². The molecule has 1 atom stereocenters. The Morgan fingerprint density at radius 1 is 0.977 bits per heavy atom. The number of thiophene rings is 1. The Balaban J connectivity index is 1.40. The fraction of sp³-hybridized carbons (Fsp3) is 0.312. The fourth-order valence-corrected chi connectivity index (χ4v) is 14.8. The first-order chi connectivity index (χ1) is 20.8. The molecule has 234 valence electrons. The zero-order chi connectivity index (χ0) is 31.8. The first kappa shape index (κ1) is 32.5. The molecule has 0 aliphatic carbocycles. The summed E-state index contributed by atoms with van der Waals surface area (Å²) in [5.41, 5.74) is 1.98. The predicted octanol–water partition coefficient (Wildman–Crippen LogP) is 4.37. The van der Waals surface area contributed by atoms with Crippen LogP contribution < -0.4 is 25.1 Å². The molecule has 1 aliphatic rings. The molecule has 0 radical (unpaired) electrons. The third kappa shape index (κ3) is 6.17. The Hall–Kier alpha value is -2.84. The minimum atomic E-state index is -4.04. The van der Waals surface area contributed by atoms with E-state index in [1.165, 1.54) is 20.7 Å². The molecule has 0 spiro atoms. The molecule has 0 bridgehead atoms. The first-order valence-corrected chi connectivity index (χ1v) is 20.3. The number of likely N-dealkylation sites (N-methyl/N-ethyl adjacent to an activating group) is 1. The van der Waals surface area contributed by atoms with E-state index >= 15 is 0 Å². The van der Waals surface area contributed by atoms with Crippen molar-refractivity contribution in [3.63, 3.8) is 0 Å². The summed E-state index contributed by atoms with van der Waals surface area (Å²) >= 11 is 0.697. The van der Waals surface area contributed by atoms with Crippen LogP contribution in [0, 0.1) is 0 Å². The molecule has 1 aromatic heterocycles. The van der Waals surface area contributed by atoms with Crippen molar-refractivity contribution < 1.29 is 21.3 Å². The molecule has 5 rings (SSSR count). The van der Waals surface area contributed by atoms with Gasteiger partial charge in [0.1, 0.15) is 8.42 Å². The van der Waals surface area contributed by atoms with Gasteiger partial charge in [0, 0.05) is 12.2 Å². The largest absolute Gasteiger partial charge is 0.407 e. The molecule has 44 heavy (non-hydrogen) atoms. The number of sulfonamides is 2. The molecule has 12 heteroatoms. The minimum Gasteiger partial charge on any atom is -0.407 e. The molecular formula is C32H39N3O5S3Si. The van der Waals surface area contributed by atoms with Gasteiger partial charge in [-0.15, -0.1) is 11.3 Å². The van der Waals surface area contributed by atoms with Gasteiger partial charge in [0.05, 0.1) is 18.3 Å². The van der Waals surface area contributed by atoms with Gasteiger partial charge in [-0.25, -0.2) is 22.0 Å². The number of hydrogen-bond donors (Lipinski definition) is 2. The zero-order valence-corrected chi connectivity index (χ0v) is 28.8. The van der Waals surface area contributed by atoms with Gasteiger partial charge in [-0.3, -0.25) is 4.31 Å². The maximum absolute atomic E-state index is 13.7. The van der Waals surface area contributed by atoms with Gasteiger partial charge in [0.25, 0.3) is 18.3 Å². The summed E-state index contributed by atoms with van der Waals surface area (Å²) in [5, 5.41) is 10.9. The molecule has 0 saturated heterocycles. The van der Waals surface area contributed by atoms with Crippen LogP contribution in [0.1, 0.15) is 44.9 Å². The molecule has 4 aromatic rings. The highest BCUT2D eigenvalue weighted by Gasteiger charge is 2.50. The van der Waals surface area contributed by atoms with Gasteiger partial charge >= 0.3 is 0 Å². The van der Waals surface area contributed by atoms with E-state index in [-0.39, 0.29) is 26.0 Å². The summed E-state index contributed by atoms with van der Waals surface area (Å²) < 4.78 is 59.6. The first-order valence-electron chi connectivity index (χ1n) is 14.6. The van der Waals surface area contributed by atoms with Crippen LogP contribution in [0.5, 0.6) is 0 Å². The van der Waals surface area contributed by atoms with Crippen LogP contribution in [-0.4, -0.2) is 44.8 Å². The number of nitrogens with zero attached hydrogens (tertiary/aromatic N) is 1. The van der Waals surface area contributed by atoms with E-state index < -0.39 is 28.4 Å². The lowest BCUT2D eigenvalue weighted by Crippen LogP contribution is -2.66. The van der Waals surface area contributed by atoms with Gasteiger partial charge in [0.15, 0.2) is 0 Å². The van der Waals surface area contributed by atoms with Gasteiger partial charge in [-0.1, -0.05) is 100 Å². The molecular weight excluding hydrogens is 631 g/mol. The monoisotopic (exact) mass is 669 g/mol. The number of benzene rings is 3. The van der Waals surface area contributed by atoms with Crippen LogP contribution in [0.4, 0.5) is 5.69 Å². The van der Waals surface area contributed by atoms with Crippen molar-refractivity contribution >= 4 is 55.8 Å². The van der Waals surface area contributed by atoms with E-state index in [9.17, 15) is 16.8 Å². The number of primary sulfonamides is 1. The second kappa shape index (κ2) is 12.5. The Labute approximate surface area is 266 Å². The molecule has 2 heterocycles. The number of nitrogens with one attached hydrogen (secondary N) is 1. The van der Waals surface area contributed by atoms with Crippen LogP contribution in [0.2, 0.25) is 5.04 Å². The standard InChI is InChI=1S/C32H39N3O5S3Si/c1-5-34-29-23-35(43(38,39)31-28(29)22-30(41-31)42(33,36)37)25-18-16-24(17-19-25)20-21-40-44(32(2,3)4,26-12-8-6-9-13-26)27-14-10-7-11-15-27/h6-19,22,29,34H,5,20-21,23H2,1-4H3,(H2,33,36,37). The highest BCUT2D eigenvalue weighted by molar-refractivity contribution is 7.96. The Morgan fingerprint density at radius 3 is 2.05 bits per heavy atom. The van der Waals surface area contributed by atoms with Crippen molar-refractivity contribution in [2.75, 3.05) is 24.0 Å². The van der Waals surface area contributed by atoms with Crippen molar-refractivity contribution in [2.24, 2.45) is 5.14 Å². The van der Waals surface area contributed by atoms with E-state index in [1.54, 1.807) is 12.1 Å². The summed E-state index contributed by atoms with van der Waals surface area (Å²) in [6.45, 7) is 9.90. The average Bonchev–Trinajstić information content (AvgIpc) is 3.46. The van der Waals surface area contributed by atoms with Gasteiger partial charge in [0.2, 0.25) is 10.0 Å². The topological polar surface area (TPSA) is 119 Å². The van der Waals surface area contributed by atoms with Crippen LogP contribution >= 0.6 is 11.3 Å². The molecule has 3 N–H and O–H groups in total. The Bertz CT molecular complexity index is 1770. The predicted molar refractivity (Wildman–Crippen MR) is 180 cm³/mol. The van der Waals surface area contributed by atoms with Gasteiger partial charge < -0.3 is 9.74 Å². The quantitative estimate of drug-likeness (QED) is 0.242. The molecule has 0 amide bonds. The second-order valence-electron chi connectivity index (χ2n) is 11.9. The van der Waals surface area contributed by atoms with Gasteiger partial charge in [-0.05, 0) is 52.1 Å². The summed E-state index contributed by atoms with van der Waals surface area (Å²) in [4.78, 5) is 0. The number of fused-ring (bicyclic) bond motifs is 1. The van der Waals surface area contributed by atoms with Gasteiger partial charge in [-0.2, -0.15) is 0 Å². The van der Waals surface area contributed by atoms with Crippen LogP contribution in [0.15, 0.2) is 99.4 Å². The lowest BCUT2D eigenvalue weighted by molar-refractivity contribution is 0.302. The second-order valence-corrected chi connectivity index (χ2v) is 21.1. The Morgan fingerprint density at radius 2 is 1.55 bits per heavy atom. The van der Waals surface area contributed by atoms with Crippen molar-refractivity contribution in [3.05, 3.63) is 102 Å². The van der Waals surface area contributed by atoms with E-state index in [2.05, 4.69) is 74.6 Å². The molecule has 0 fully saturated rings. The number of nitrogens with two attached hydrogens (primary N) is 1. The Kier molecular flexibility index (Phi) is 9.25. The highest BCUT2D eigenvalue weighted by Crippen LogP contribution is 2.42. The summed E-state index contributed by atoms with van der Waals surface area (Å²) in [7, 11) is -10.7. The van der Waals surface area contributed by atoms with E-state index in [4.69, 9.17) is 9.56 Å². The third-order valence-electron chi connectivity index (χ3n) is 8.03.